The first-order valence-corrected chi connectivity index (χ1v) is 7.59. The molecule has 1 heteroatoms. The fourth-order valence-electron chi connectivity index (χ4n) is 3.13. The second kappa shape index (κ2) is 7.58. The van der Waals surface area contributed by atoms with Crippen LogP contribution in [0.15, 0.2) is 30.3 Å². The number of rotatable bonds is 6. The molecule has 18 heavy (non-hydrogen) atoms. The van der Waals surface area contributed by atoms with Crippen molar-refractivity contribution in [3.05, 3.63) is 35.9 Å². The highest BCUT2D eigenvalue weighted by atomic mass is 14.8. The zero-order valence-electron chi connectivity index (χ0n) is 11.7. The molecule has 1 saturated carbocycles. The number of hydrogen-bond acceptors (Lipinski definition) is 1. The number of benzene rings is 1. The van der Waals surface area contributed by atoms with E-state index in [1.165, 1.54) is 44.2 Å². The van der Waals surface area contributed by atoms with Gasteiger partial charge in [0.1, 0.15) is 0 Å². The molecule has 1 aliphatic rings. The summed E-state index contributed by atoms with van der Waals surface area (Å²) in [5.74, 6) is 1.95. The van der Waals surface area contributed by atoms with Crippen molar-refractivity contribution in [2.75, 3.05) is 13.1 Å². The van der Waals surface area contributed by atoms with Crippen molar-refractivity contribution in [1.29, 1.82) is 0 Å². The lowest BCUT2D eigenvalue weighted by Crippen LogP contribution is -2.23. The van der Waals surface area contributed by atoms with Crippen LogP contribution in [0, 0.1) is 11.8 Å². The highest BCUT2D eigenvalue weighted by molar-refractivity contribution is 5.14. The van der Waals surface area contributed by atoms with E-state index in [-0.39, 0.29) is 0 Å². The summed E-state index contributed by atoms with van der Waals surface area (Å²) >= 11 is 0. The second-order valence-corrected chi connectivity index (χ2v) is 5.91. The van der Waals surface area contributed by atoms with E-state index in [0.29, 0.717) is 0 Å². The number of nitrogens with one attached hydrogen (secondary N) is 1. The second-order valence-electron chi connectivity index (χ2n) is 5.91. The molecule has 1 nitrogen and oxygen atoms in total. The first-order valence-electron chi connectivity index (χ1n) is 7.59. The van der Waals surface area contributed by atoms with Gasteiger partial charge < -0.3 is 5.32 Å². The lowest BCUT2D eigenvalue weighted by atomic mass is 9.81. The van der Waals surface area contributed by atoms with Crippen LogP contribution in [-0.2, 0) is 6.42 Å². The third-order valence-corrected chi connectivity index (χ3v) is 4.21. The molecular formula is C17H27N. The topological polar surface area (TPSA) is 12.0 Å². The van der Waals surface area contributed by atoms with Crippen LogP contribution in [0.4, 0.5) is 0 Å². The van der Waals surface area contributed by atoms with E-state index in [0.717, 1.165) is 24.8 Å². The minimum atomic E-state index is 0.966. The average molecular weight is 245 g/mol. The maximum absolute atomic E-state index is 3.60. The Bertz CT molecular complexity index is 320. The van der Waals surface area contributed by atoms with Crippen molar-refractivity contribution < 1.29 is 0 Å². The molecule has 2 unspecified atom stereocenters. The van der Waals surface area contributed by atoms with E-state index in [2.05, 4.69) is 42.6 Å². The fourth-order valence-corrected chi connectivity index (χ4v) is 3.13. The van der Waals surface area contributed by atoms with Crippen LogP contribution in [0.2, 0.25) is 0 Å². The fraction of sp³-hybridized carbons (Fsp3) is 0.647. The molecule has 1 aromatic carbocycles. The van der Waals surface area contributed by atoms with Crippen LogP contribution in [-0.4, -0.2) is 13.1 Å². The van der Waals surface area contributed by atoms with E-state index >= 15 is 0 Å². The van der Waals surface area contributed by atoms with E-state index in [1.54, 1.807) is 0 Å². The predicted octanol–water partition coefficient (Wildman–Crippen LogP) is 4.04. The quantitative estimate of drug-likeness (QED) is 0.746. The summed E-state index contributed by atoms with van der Waals surface area (Å²) in [6, 6.07) is 10.8. The molecule has 0 heterocycles. The van der Waals surface area contributed by atoms with Gasteiger partial charge in [0, 0.05) is 0 Å². The first-order chi connectivity index (χ1) is 8.84. The Morgan fingerprint density at radius 3 is 2.72 bits per heavy atom. The highest BCUT2D eigenvalue weighted by Gasteiger charge is 2.17. The molecule has 0 spiro atoms. The molecule has 0 radical (unpaired) electrons. The Balaban J connectivity index is 1.53. The van der Waals surface area contributed by atoms with Crippen molar-refractivity contribution in [2.24, 2.45) is 11.8 Å². The van der Waals surface area contributed by atoms with Crippen LogP contribution < -0.4 is 5.32 Å². The maximum Gasteiger partial charge on any atom is -0.000835 e. The molecule has 0 aliphatic heterocycles. The molecule has 0 amide bonds. The van der Waals surface area contributed by atoms with Gasteiger partial charge in [0.25, 0.3) is 0 Å². The monoisotopic (exact) mass is 245 g/mol. The van der Waals surface area contributed by atoms with Crippen molar-refractivity contribution in [3.63, 3.8) is 0 Å². The molecule has 0 aromatic heterocycles. The first kappa shape index (κ1) is 13.6. The van der Waals surface area contributed by atoms with Crippen LogP contribution in [0.3, 0.4) is 0 Å². The normalized spacial score (nSPS) is 24.1. The van der Waals surface area contributed by atoms with Gasteiger partial charge in [-0.05, 0) is 49.8 Å². The summed E-state index contributed by atoms with van der Waals surface area (Å²) < 4.78 is 0. The average Bonchev–Trinajstić information content (AvgIpc) is 2.40. The van der Waals surface area contributed by atoms with Gasteiger partial charge in [-0.3, -0.25) is 0 Å². The predicted molar refractivity (Wildman–Crippen MR) is 78.8 cm³/mol. The summed E-state index contributed by atoms with van der Waals surface area (Å²) in [6.45, 7) is 4.73. The lowest BCUT2D eigenvalue weighted by Gasteiger charge is -2.26. The van der Waals surface area contributed by atoms with E-state index in [9.17, 15) is 0 Å². The molecule has 0 saturated heterocycles. The van der Waals surface area contributed by atoms with Gasteiger partial charge in [0.15, 0.2) is 0 Å². The molecule has 1 fully saturated rings. The molecule has 0 bridgehead atoms. The smallest absolute Gasteiger partial charge is 0.000835 e. The van der Waals surface area contributed by atoms with Crippen LogP contribution >= 0.6 is 0 Å². The Morgan fingerprint density at radius 1 is 1.11 bits per heavy atom. The van der Waals surface area contributed by atoms with E-state index < -0.39 is 0 Å². The van der Waals surface area contributed by atoms with Crippen LogP contribution in [0.1, 0.15) is 44.6 Å². The van der Waals surface area contributed by atoms with Gasteiger partial charge in [-0.2, -0.15) is 0 Å². The molecule has 1 N–H and O–H groups in total. The van der Waals surface area contributed by atoms with Gasteiger partial charge in [0.05, 0.1) is 0 Å². The van der Waals surface area contributed by atoms with E-state index in [4.69, 9.17) is 0 Å². The molecular weight excluding hydrogens is 218 g/mol. The zero-order chi connectivity index (χ0) is 12.6. The Kier molecular flexibility index (Phi) is 5.73. The largest absolute Gasteiger partial charge is 0.316 e. The SMILES string of the molecule is CC1CCCC(CCNCCc2ccccc2)C1. The van der Waals surface area contributed by atoms with Gasteiger partial charge in [-0.1, -0.05) is 56.5 Å². The summed E-state index contributed by atoms with van der Waals surface area (Å²) in [7, 11) is 0. The third kappa shape index (κ3) is 4.81. The zero-order valence-corrected chi connectivity index (χ0v) is 11.7. The van der Waals surface area contributed by atoms with Crippen molar-refractivity contribution in [1.82, 2.24) is 5.32 Å². The lowest BCUT2D eigenvalue weighted by molar-refractivity contribution is 0.268. The Hall–Kier alpha value is -0.820. The molecule has 100 valence electrons. The van der Waals surface area contributed by atoms with Gasteiger partial charge in [-0.25, -0.2) is 0 Å². The number of hydrogen-bond donors (Lipinski definition) is 1. The third-order valence-electron chi connectivity index (χ3n) is 4.21. The highest BCUT2D eigenvalue weighted by Crippen LogP contribution is 2.30. The van der Waals surface area contributed by atoms with Crippen LogP contribution in [0.5, 0.6) is 0 Å². The Morgan fingerprint density at radius 2 is 1.94 bits per heavy atom. The van der Waals surface area contributed by atoms with Crippen molar-refractivity contribution >= 4 is 0 Å². The van der Waals surface area contributed by atoms with Gasteiger partial charge in [-0.15, -0.1) is 0 Å². The van der Waals surface area contributed by atoms with Crippen LogP contribution in [0.25, 0.3) is 0 Å². The standard InChI is InChI=1S/C17H27N/c1-15-6-5-9-17(14-15)11-13-18-12-10-16-7-3-2-4-8-16/h2-4,7-8,15,17-18H,5-6,9-14H2,1H3. The summed E-state index contributed by atoms with van der Waals surface area (Å²) in [5.41, 5.74) is 1.44. The maximum atomic E-state index is 3.60. The minimum Gasteiger partial charge on any atom is -0.316 e. The molecule has 1 aromatic rings. The molecule has 2 rings (SSSR count). The van der Waals surface area contributed by atoms with E-state index in [1.807, 2.05) is 0 Å². The molecule has 2 atom stereocenters. The summed E-state index contributed by atoms with van der Waals surface area (Å²) in [4.78, 5) is 0. The summed E-state index contributed by atoms with van der Waals surface area (Å²) in [5, 5.41) is 3.60. The van der Waals surface area contributed by atoms with Crippen molar-refractivity contribution in [2.45, 2.75) is 45.4 Å². The van der Waals surface area contributed by atoms with Crippen molar-refractivity contribution in [3.8, 4) is 0 Å². The molecule has 1 aliphatic carbocycles. The minimum absolute atomic E-state index is 0.966. The van der Waals surface area contributed by atoms with Gasteiger partial charge in [0.2, 0.25) is 0 Å². The Labute approximate surface area is 112 Å². The summed E-state index contributed by atoms with van der Waals surface area (Å²) in [6.07, 6.45) is 8.36. The van der Waals surface area contributed by atoms with Gasteiger partial charge >= 0.3 is 0 Å².